The van der Waals surface area contributed by atoms with Gasteiger partial charge in [0.15, 0.2) is 17.3 Å². The summed E-state index contributed by atoms with van der Waals surface area (Å²) < 4.78 is 12.1. The molecule has 34 heavy (non-hydrogen) atoms. The molecule has 2 aromatic carbocycles. The fourth-order valence-electron chi connectivity index (χ4n) is 4.60. The Morgan fingerprint density at radius 3 is 2.53 bits per heavy atom. The Balaban J connectivity index is 1.55. The van der Waals surface area contributed by atoms with E-state index in [0.717, 1.165) is 11.1 Å². The molecule has 0 spiro atoms. The van der Waals surface area contributed by atoms with Crippen LogP contribution in [0.15, 0.2) is 53.5 Å². The number of hydrogen-bond donors (Lipinski definition) is 1. The Hall–Kier alpha value is -3.87. The third-order valence-electron chi connectivity index (χ3n) is 6.34. The van der Waals surface area contributed by atoms with E-state index >= 15 is 0 Å². The van der Waals surface area contributed by atoms with E-state index in [1.807, 2.05) is 51.1 Å². The minimum absolute atomic E-state index is 0.0277. The number of ketones is 1. The summed E-state index contributed by atoms with van der Waals surface area (Å²) in [6.45, 7) is 6.30. The summed E-state index contributed by atoms with van der Waals surface area (Å²) in [4.78, 5) is 40.1. The molecule has 0 radical (unpaired) electrons. The fourth-order valence-corrected chi connectivity index (χ4v) is 4.60. The molecule has 1 aliphatic heterocycles. The Labute approximate surface area is 197 Å². The lowest BCUT2D eigenvalue weighted by Gasteiger charge is -2.31. The number of pyridine rings is 1. The molecule has 0 saturated carbocycles. The summed E-state index contributed by atoms with van der Waals surface area (Å²) in [6, 6.07) is 12.9. The summed E-state index contributed by atoms with van der Waals surface area (Å²) in [7, 11) is 0. The average Bonchev–Trinajstić information content (AvgIpc) is 3.25. The molecule has 1 aliphatic carbocycles. The number of rotatable bonds is 4. The topological polar surface area (TPSA) is 86.6 Å². The predicted octanol–water partition coefficient (Wildman–Crippen LogP) is 3.96. The van der Waals surface area contributed by atoms with Crippen LogP contribution >= 0.6 is 0 Å². The van der Waals surface area contributed by atoms with Gasteiger partial charge in [0.25, 0.3) is 11.5 Å². The van der Waals surface area contributed by atoms with E-state index in [9.17, 15) is 14.4 Å². The van der Waals surface area contributed by atoms with E-state index in [2.05, 4.69) is 5.32 Å². The van der Waals surface area contributed by atoms with Gasteiger partial charge in [0, 0.05) is 30.4 Å². The highest BCUT2D eigenvalue weighted by Gasteiger charge is 2.36. The van der Waals surface area contributed by atoms with Crippen molar-refractivity contribution in [2.75, 3.05) is 6.79 Å². The van der Waals surface area contributed by atoms with Crippen molar-refractivity contribution in [3.8, 4) is 17.2 Å². The minimum Gasteiger partial charge on any atom is -0.454 e. The maximum Gasteiger partial charge on any atom is 0.268 e. The van der Waals surface area contributed by atoms with E-state index in [0.29, 0.717) is 41.2 Å². The average molecular weight is 459 g/mol. The van der Waals surface area contributed by atoms with E-state index in [-0.39, 0.29) is 30.1 Å². The van der Waals surface area contributed by atoms with Crippen LogP contribution in [0.1, 0.15) is 57.7 Å². The zero-order chi connectivity index (χ0) is 24.0. The molecule has 174 valence electrons. The van der Waals surface area contributed by atoms with Crippen molar-refractivity contribution < 1.29 is 19.1 Å². The van der Waals surface area contributed by atoms with Gasteiger partial charge in [-0.05, 0) is 54.2 Å². The fraction of sp³-hybridized carbons (Fsp3) is 0.296. The summed E-state index contributed by atoms with van der Waals surface area (Å²) >= 11 is 0. The summed E-state index contributed by atoms with van der Waals surface area (Å²) in [5.41, 5.74) is 2.70. The lowest BCUT2D eigenvalue weighted by molar-refractivity contribution is 0.0908. The van der Waals surface area contributed by atoms with Crippen molar-refractivity contribution in [3.63, 3.8) is 0 Å². The first-order valence-electron chi connectivity index (χ1n) is 11.3. The van der Waals surface area contributed by atoms with Crippen LogP contribution in [0.5, 0.6) is 11.5 Å². The number of carbonyl (C=O) groups excluding carboxylic acids is 2. The third kappa shape index (κ3) is 3.98. The number of hydrogen-bond acceptors (Lipinski definition) is 5. The van der Waals surface area contributed by atoms with Gasteiger partial charge in [-0.25, -0.2) is 0 Å². The van der Waals surface area contributed by atoms with Gasteiger partial charge < -0.3 is 14.8 Å². The molecule has 0 bridgehead atoms. The smallest absolute Gasteiger partial charge is 0.268 e. The molecule has 2 aliphatic rings. The van der Waals surface area contributed by atoms with E-state index < -0.39 is 11.5 Å². The molecule has 1 aromatic heterocycles. The molecule has 2 heterocycles. The normalized spacial score (nSPS) is 15.7. The summed E-state index contributed by atoms with van der Waals surface area (Å²) in [5.74, 6) is 0.731. The number of carbonyl (C=O) groups is 2. The standard InChI is InChI=1S/C27H26N2O5/c1-16-4-7-18(8-5-16)29-14-20-19(11-27(2,3)12-21(20)30)24(26(29)32)25(31)28-13-17-6-9-22-23(10-17)34-15-33-22/h4-10,14H,11-13,15H2,1-3H3,(H,28,31). The highest BCUT2D eigenvalue weighted by atomic mass is 16.7. The van der Waals surface area contributed by atoms with Crippen LogP contribution in [-0.2, 0) is 13.0 Å². The monoisotopic (exact) mass is 458 g/mol. The molecule has 5 rings (SSSR count). The molecule has 7 heteroatoms. The molecule has 1 N–H and O–H groups in total. The quantitative estimate of drug-likeness (QED) is 0.640. The van der Waals surface area contributed by atoms with Crippen molar-refractivity contribution in [1.82, 2.24) is 9.88 Å². The molecule has 1 amide bonds. The maximum absolute atomic E-state index is 13.6. The molecule has 3 aromatic rings. The molecule has 0 saturated heterocycles. The predicted molar refractivity (Wildman–Crippen MR) is 127 cm³/mol. The van der Waals surface area contributed by atoms with Crippen LogP contribution in [0.25, 0.3) is 5.69 Å². The Bertz CT molecular complexity index is 1370. The first kappa shape index (κ1) is 21.9. The Morgan fingerprint density at radius 1 is 1.03 bits per heavy atom. The minimum atomic E-state index is -0.495. The summed E-state index contributed by atoms with van der Waals surface area (Å²) in [6.07, 6.45) is 2.43. The molecule has 0 atom stereocenters. The highest BCUT2D eigenvalue weighted by molar-refractivity contribution is 6.04. The van der Waals surface area contributed by atoms with Crippen molar-refractivity contribution >= 4 is 11.7 Å². The number of amides is 1. The number of fused-ring (bicyclic) bond motifs is 2. The second-order valence-corrected chi connectivity index (χ2v) is 9.72. The van der Waals surface area contributed by atoms with Gasteiger partial charge in [-0.3, -0.25) is 19.0 Å². The van der Waals surface area contributed by atoms with Gasteiger partial charge in [0.2, 0.25) is 6.79 Å². The first-order chi connectivity index (χ1) is 16.2. The SMILES string of the molecule is Cc1ccc(-n2cc3c(c(C(=O)NCc4ccc5c(c4)OCO5)c2=O)CC(C)(C)CC3=O)cc1. The van der Waals surface area contributed by atoms with Crippen LogP contribution in [0, 0.1) is 12.3 Å². The number of ether oxygens (including phenoxy) is 2. The Morgan fingerprint density at radius 2 is 1.76 bits per heavy atom. The lowest BCUT2D eigenvalue weighted by atomic mass is 9.73. The summed E-state index contributed by atoms with van der Waals surface area (Å²) in [5, 5.41) is 2.87. The van der Waals surface area contributed by atoms with Crippen molar-refractivity contribution in [1.29, 1.82) is 0 Å². The lowest BCUT2D eigenvalue weighted by Crippen LogP contribution is -2.38. The largest absolute Gasteiger partial charge is 0.454 e. The second kappa shape index (κ2) is 8.17. The number of aryl methyl sites for hydroxylation is 1. The number of benzene rings is 2. The third-order valence-corrected chi connectivity index (χ3v) is 6.34. The van der Waals surface area contributed by atoms with Gasteiger partial charge in [0.05, 0.1) is 0 Å². The van der Waals surface area contributed by atoms with Crippen molar-refractivity contribution in [2.45, 2.75) is 40.2 Å². The van der Waals surface area contributed by atoms with Crippen LogP contribution < -0.4 is 20.3 Å². The number of nitrogens with one attached hydrogen (secondary N) is 1. The zero-order valence-electron chi connectivity index (χ0n) is 19.4. The first-order valence-corrected chi connectivity index (χ1v) is 11.3. The number of nitrogens with zero attached hydrogens (tertiary/aromatic N) is 1. The van der Waals surface area contributed by atoms with Crippen LogP contribution in [-0.4, -0.2) is 23.1 Å². The molecular formula is C27H26N2O5. The zero-order valence-corrected chi connectivity index (χ0v) is 19.4. The molecule has 7 nitrogen and oxygen atoms in total. The Kier molecular flexibility index (Phi) is 5.27. The molecular weight excluding hydrogens is 432 g/mol. The van der Waals surface area contributed by atoms with Gasteiger partial charge in [0.1, 0.15) is 5.56 Å². The van der Waals surface area contributed by atoms with Crippen LogP contribution in [0.2, 0.25) is 0 Å². The van der Waals surface area contributed by atoms with Crippen LogP contribution in [0.4, 0.5) is 0 Å². The van der Waals surface area contributed by atoms with Crippen molar-refractivity contribution in [3.05, 3.63) is 86.8 Å². The highest BCUT2D eigenvalue weighted by Crippen LogP contribution is 2.36. The number of aromatic nitrogens is 1. The van der Waals surface area contributed by atoms with Gasteiger partial charge >= 0.3 is 0 Å². The second-order valence-electron chi connectivity index (χ2n) is 9.72. The van der Waals surface area contributed by atoms with Crippen molar-refractivity contribution in [2.24, 2.45) is 5.41 Å². The molecule has 0 fully saturated rings. The maximum atomic E-state index is 13.6. The van der Waals surface area contributed by atoms with Gasteiger partial charge in [-0.2, -0.15) is 0 Å². The van der Waals surface area contributed by atoms with E-state index in [1.165, 1.54) is 4.57 Å². The van der Waals surface area contributed by atoms with Gasteiger partial charge in [-0.1, -0.05) is 37.6 Å². The van der Waals surface area contributed by atoms with Crippen LogP contribution in [0.3, 0.4) is 0 Å². The van der Waals surface area contributed by atoms with E-state index in [4.69, 9.17) is 9.47 Å². The van der Waals surface area contributed by atoms with E-state index in [1.54, 1.807) is 18.3 Å². The van der Waals surface area contributed by atoms with Gasteiger partial charge in [-0.15, -0.1) is 0 Å². The number of Topliss-reactive ketones (excluding diaryl/α,β-unsaturated/α-hetero) is 1. The molecule has 0 unspecified atom stereocenters.